The Bertz CT molecular complexity index is 765. The van der Waals surface area contributed by atoms with E-state index in [4.69, 9.17) is 11.5 Å². The highest BCUT2D eigenvalue weighted by molar-refractivity contribution is 5.95. The second-order valence-corrected chi connectivity index (χ2v) is 6.66. The summed E-state index contributed by atoms with van der Waals surface area (Å²) in [4.78, 5) is 23.2. The molecule has 0 radical (unpaired) electrons. The molecule has 3 rings (SSSR count). The Morgan fingerprint density at radius 3 is 2.40 bits per heavy atom. The number of hydrogen-bond acceptors (Lipinski definition) is 3. The van der Waals surface area contributed by atoms with Crippen LogP contribution in [0.4, 0.5) is 0 Å². The van der Waals surface area contributed by atoms with E-state index in [1.807, 2.05) is 42.5 Å². The van der Waals surface area contributed by atoms with Gasteiger partial charge in [-0.05, 0) is 53.6 Å². The maximum atomic E-state index is 12.3. The Hall–Kier alpha value is -2.66. The first-order valence-electron chi connectivity index (χ1n) is 8.53. The Labute approximate surface area is 147 Å². The summed E-state index contributed by atoms with van der Waals surface area (Å²) in [5, 5.41) is 3.01. The van der Waals surface area contributed by atoms with Crippen molar-refractivity contribution >= 4 is 11.8 Å². The lowest BCUT2D eigenvalue weighted by Crippen LogP contribution is -2.45. The minimum atomic E-state index is -0.274. The van der Waals surface area contributed by atoms with E-state index in [9.17, 15) is 9.59 Å². The molecule has 0 bridgehead atoms. The van der Waals surface area contributed by atoms with Crippen molar-refractivity contribution in [3.05, 3.63) is 59.7 Å². The van der Waals surface area contributed by atoms with Crippen LogP contribution in [0.1, 0.15) is 35.2 Å². The molecule has 0 heterocycles. The van der Waals surface area contributed by atoms with Gasteiger partial charge < -0.3 is 16.8 Å². The van der Waals surface area contributed by atoms with Gasteiger partial charge in [-0.15, -0.1) is 0 Å². The number of nitrogens with one attached hydrogen (secondary N) is 1. The molecule has 1 aliphatic rings. The number of rotatable bonds is 6. The van der Waals surface area contributed by atoms with E-state index >= 15 is 0 Å². The molecule has 0 unspecified atom stereocenters. The molecule has 130 valence electrons. The summed E-state index contributed by atoms with van der Waals surface area (Å²) in [5.74, 6) is -0.0474. The fourth-order valence-corrected chi connectivity index (χ4v) is 3.27. The summed E-state index contributed by atoms with van der Waals surface area (Å²) >= 11 is 0. The standard InChI is InChI=1S/C20H23N3O2/c21-12-13-2-1-3-17(8-13)15-4-6-16(7-5-15)20(25)23-18-9-14(10-18)11-19(22)24/h1-8,14,18H,9-12,21H2,(H2,22,24)(H,23,25). The predicted octanol–water partition coefficient (Wildman–Crippen LogP) is 2.20. The Kier molecular flexibility index (Phi) is 5.14. The molecule has 2 aromatic rings. The smallest absolute Gasteiger partial charge is 0.251 e. The summed E-state index contributed by atoms with van der Waals surface area (Å²) in [6, 6.07) is 15.8. The third-order valence-corrected chi connectivity index (χ3v) is 4.70. The lowest BCUT2D eigenvalue weighted by Gasteiger charge is -2.35. The van der Waals surface area contributed by atoms with Gasteiger partial charge in [-0.2, -0.15) is 0 Å². The van der Waals surface area contributed by atoms with Crippen LogP contribution in [0.3, 0.4) is 0 Å². The molecule has 5 N–H and O–H groups in total. The summed E-state index contributed by atoms with van der Waals surface area (Å²) in [6.45, 7) is 0.506. The number of benzene rings is 2. The van der Waals surface area contributed by atoms with Crippen molar-refractivity contribution in [3.8, 4) is 11.1 Å². The zero-order valence-corrected chi connectivity index (χ0v) is 14.1. The minimum absolute atomic E-state index is 0.0789. The van der Waals surface area contributed by atoms with Gasteiger partial charge in [0.05, 0.1) is 0 Å². The molecule has 0 spiro atoms. The lowest BCUT2D eigenvalue weighted by atomic mass is 9.78. The molecular weight excluding hydrogens is 314 g/mol. The maximum Gasteiger partial charge on any atom is 0.251 e. The van der Waals surface area contributed by atoms with Crippen LogP contribution >= 0.6 is 0 Å². The summed E-state index contributed by atoms with van der Waals surface area (Å²) in [5.41, 5.74) is 14.7. The van der Waals surface area contributed by atoms with Crippen LogP contribution in [0.5, 0.6) is 0 Å². The normalized spacial score (nSPS) is 19.1. The van der Waals surface area contributed by atoms with Crippen LogP contribution in [-0.4, -0.2) is 17.9 Å². The first-order valence-corrected chi connectivity index (χ1v) is 8.53. The Balaban J connectivity index is 1.59. The Morgan fingerprint density at radius 1 is 1.04 bits per heavy atom. The van der Waals surface area contributed by atoms with Crippen molar-refractivity contribution in [2.75, 3.05) is 0 Å². The third kappa shape index (κ3) is 4.25. The van der Waals surface area contributed by atoms with E-state index in [1.165, 1.54) is 0 Å². The summed E-state index contributed by atoms with van der Waals surface area (Å²) < 4.78 is 0. The highest BCUT2D eigenvalue weighted by atomic mass is 16.2. The fraction of sp³-hybridized carbons (Fsp3) is 0.300. The number of amides is 2. The lowest BCUT2D eigenvalue weighted by molar-refractivity contribution is -0.119. The second kappa shape index (κ2) is 7.49. The molecule has 25 heavy (non-hydrogen) atoms. The third-order valence-electron chi connectivity index (χ3n) is 4.70. The van der Waals surface area contributed by atoms with Crippen LogP contribution in [0.15, 0.2) is 48.5 Å². The number of primary amides is 1. The highest BCUT2D eigenvalue weighted by Gasteiger charge is 2.31. The molecule has 0 aliphatic heterocycles. The zero-order valence-electron chi connectivity index (χ0n) is 14.1. The van der Waals surface area contributed by atoms with Gasteiger partial charge in [0.1, 0.15) is 0 Å². The maximum absolute atomic E-state index is 12.3. The van der Waals surface area contributed by atoms with E-state index in [1.54, 1.807) is 0 Å². The number of nitrogens with two attached hydrogens (primary N) is 2. The van der Waals surface area contributed by atoms with Crippen LogP contribution < -0.4 is 16.8 Å². The van der Waals surface area contributed by atoms with Crippen molar-refractivity contribution < 1.29 is 9.59 Å². The predicted molar refractivity (Wildman–Crippen MR) is 97.6 cm³/mol. The quantitative estimate of drug-likeness (QED) is 0.753. The first kappa shape index (κ1) is 17.2. The number of hydrogen-bond donors (Lipinski definition) is 3. The molecule has 1 fully saturated rings. The molecule has 5 heteroatoms. The van der Waals surface area contributed by atoms with Crippen LogP contribution in [-0.2, 0) is 11.3 Å². The monoisotopic (exact) mass is 337 g/mol. The summed E-state index contributed by atoms with van der Waals surface area (Å²) in [6.07, 6.45) is 2.04. The van der Waals surface area contributed by atoms with Crippen molar-refractivity contribution in [2.45, 2.75) is 31.8 Å². The molecule has 2 aromatic carbocycles. The largest absolute Gasteiger partial charge is 0.370 e. The van der Waals surface area contributed by atoms with Crippen molar-refractivity contribution in [1.82, 2.24) is 5.32 Å². The van der Waals surface area contributed by atoms with Gasteiger partial charge in [0.25, 0.3) is 5.91 Å². The second-order valence-electron chi connectivity index (χ2n) is 6.66. The molecule has 0 atom stereocenters. The molecule has 0 aromatic heterocycles. The number of carbonyl (C=O) groups excluding carboxylic acids is 2. The van der Waals surface area contributed by atoms with Gasteiger partial charge in [0, 0.05) is 24.6 Å². The molecule has 1 saturated carbocycles. The van der Waals surface area contributed by atoms with E-state index in [-0.39, 0.29) is 17.9 Å². The minimum Gasteiger partial charge on any atom is -0.370 e. The van der Waals surface area contributed by atoms with Crippen molar-refractivity contribution in [3.63, 3.8) is 0 Å². The zero-order chi connectivity index (χ0) is 17.8. The van der Waals surface area contributed by atoms with Crippen molar-refractivity contribution in [1.29, 1.82) is 0 Å². The average Bonchev–Trinajstić information content (AvgIpc) is 2.59. The van der Waals surface area contributed by atoms with Crippen LogP contribution in [0, 0.1) is 5.92 Å². The van der Waals surface area contributed by atoms with E-state index in [0.29, 0.717) is 24.4 Å². The SMILES string of the molecule is NCc1cccc(-c2ccc(C(=O)NC3CC(CC(N)=O)C3)cc2)c1. The highest BCUT2D eigenvalue weighted by Crippen LogP contribution is 2.30. The Morgan fingerprint density at radius 2 is 1.76 bits per heavy atom. The first-order chi connectivity index (χ1) is 12.0. The average molecular weight is 337 g/mol. The van der Waals surface area contributed by atoms with E-state index < -0.39 is 0 Å². The van der Waals surface area contributed by atoms with Gasteiger partial charge in [-0.3, -0.25) is 9.59 Å². The van der Waals surface area contributed by atoms with Crippen LogP contribution in [0.2, 0.25) is 0 Å². The van der Waals surface area contributed by atoms with Crippen LogP contribution in [0.25, 0.3) is 11.1 Å². The van der Waals surface area contributed by atoms with E-state index in [2.05, 4.69) is 11.4 Å². The molecule has 1 aliphatic carbocycles. The summed E-state index contributed by atoms with van der Waals surface area (Å²) in [7, 11) is 0. The van der Waals surface area contributed by atoms with Crippen molar-refractivity contribution in [2.24, 2.45) is 17.4 Å². The van der Waals surface area contributed by atoms with Gasteiger partial charge in [0.15, 0.2) is 0 Å². The van der Waals surface area contributed by atoms with Gasteiger partial charge in [-0.25, -0.2) is 0 Å². The van der Waals surface area contributed by atoms with E-state index in [0.717, 1.165) is 29.5 Å². The fourth-order valence-electron chi connectivity index (χ4n) is 3.27. The topological polar surface area (TPSA) is 98.2 Å². The molecule has 2 amide bonds. The number of carbonyl (C=O) groups is 2. The molecule has 0 saturated heterocycles. The van der Waals surface area contributed by atoms with Gasteiger partial charge in [0.2, 0.25) is 5.91 Å². The van der Waals surface area contributed by atoms with Gasteiger partial charge >= 0.3 is 0 Å². The molecule has 5 nitrogen and oxygen atoms in total. The van der Waals surface area contributed by atoms with Gasteiger partial charge in [-0.1, -0.05) is 30.3 Å². The molecular formula is C20H23N3O2.